The highest BCUT2D eigenvalue weighted by Crippen LogP contribution is 2.24. The number of carbonyl (C=O) groups excluding carboxylic acids is 1. The maximum absolute atomic E-state index is 11.1. The molecule has 0 aromatic rings. The van der Waals surface area contributed by atoms with Gasteiger partial charge in [-0.3, -0.25) is 4.79 Å². The number of carbonyl (C=O) groups is 1. The lowest BCUT2D eigenvalue weighted by Crippen LogP contribution is -2.36. The number of ketones is 1. The largest absolute Gasteiger partial charge is 0.382 e. The van der Waals surface area contributed by atoms with Crippen LogP contribution in [0.25, 0.3) is 0 Å². The van der Waals surface area contributed by atoms with Crippen LogP contribution in [0.2, 0.25) is 0 Å². The molecule has 13 heavy (non-hydrogen) atoms. The van der Waals surface area contributed by atoms with Crippen molar-refractivity contribution in [2.75, 3.05) is 6.61 Å². The summed E-state index contributed by atoms with van der Waals surface area (Å²) in [5.74, 6) is -0.883. The Kier molecular flexibility index (Phi) is 3.05. The number of hydrogen-bond donors (Lipinski definition) is 1. The van der Waals surface area contributed by atoms with Crippen LogP contribution in [0.5, 0.6) is 0 Å². The SMILES string of the molecule is CCC(=O)[C@H](O)[C@@H]1COC(C)(C)O1. The van der Waals surface area contributed by atoms with Gasteiger partial charge in [-0.1, -0.05) is 6.92 Å². The molecule has 0 unspecified atom stereocenters. The second kappa shape index (κ2) is 3.74. The van der Waals surface area contributed by atoms with Gasteiger partial charge in [0, 0.05) is 6.42 Å². The molecule has 1 N–H and O–H groups in total. The topological polar surface area (TPSA) is 55.8 Å². The third-order valence-electron chi connectivity index (χ3n) is 2.06. The first-order chi connectivity index (χ1) is 5.96. The molecule has 4 nitrogen and oxygen atoms in total. The van der Waals surface area contributed by atoms with Crippen molar-refractivity contribution in [3.63, 3.8) is 0 Å². The van der Waals surface area contributed by atoms with Gasteiger partial charge < -0.3 is 14.6 Å². The van der Waals surface area contributed by atoms with Gasteiger partial charge in [0.05, 0.1) is 6.61 Å². The van der Waals surface area contributed by atoms with E-state index in [0.717, 1.165) is 0 Å². The van der Waals surface area contributed by atoms with Crippen molar-refractivity contribution >= 4 is 5.78 Å². The van der Waals surface area contributed by atoms with Crippen LogP contribution >= 0.6 is 0 Å². The summed E-state index contributed by atoms with van der Waals surface area (Å²) in [6.45, 7) is 5.51. The van der Waals surface area contributed by atoms with E-state index in [1.165, 1.54) is 0 Å². The Hall–Kier alpha value is -0.450. The smallest absolute Gasteiger partial charge is 0.163 e. The Morgan fingerprint density at radius 2 is 2.31 bits per heavy atom. The van der Waals surface area contributed by atoms with Crippen molar-refractivity contribution < 1.29 is 19.4 Å². The van der Waals surface area contributed by atoms with E-state index in [4.69, 9.17) is 9.47 Å². The van der Waals surface area contributed by atoms with Gasteiger partial charge in [0.25, 0.3) is 0 Å². The predicted molar refractivity (Wildman–Crippen MR) is 46.2 cm³/mol. The van der Waals surface area contributed by atoms with Gasteiger partial charge in [-0.2, -0.15) is 0 Å². The maximum atomic E-state index is 11.1. The molecule has 1 heterocycles. The van der Waals surface area contributed by atoms with E-state index in [0.29, 0.717) is 6.42 Å². The van der Waals surface area contributed by atoms with Gasteiger partial charge >= 0.3 is 0 Å². The van der Waals surface area contributed by atoms with Gasteiger partial charge in [0.15, 0.2) is 11.6 Å². The molecule has 0 radical (unpaired) electrons. The van der Waals surface area contributed by atoms with E-state index in [9.17, 15) is 9.90 Å². The summed E-state index contributed by atoms with van der Waals surface area (Å²) < 4.78 is 10.6. The lowest BCUT2D eigenvalue weighted by Gasteiger charge is -2.19. The molecule has 1 fully saturated rings. The van der Waals surface area contributed by atoms with Crippen LogP contribution in [-0.2, 0) is 14.3 Å². The van der Waals surface area contributed by atoms with Crippen molar-refractivity contribution in [2.24, 2.45) is 0 Å². The summed E-state index contributed by atoms with van der Waals surface area (Å²) in [6.07, 6.45) is -1.24. The molecule has 2 atom stereocenters. The Bertz CT molecular complexity index is 200. The number of Topliss-reactive ketones (excluding diaryl/α,β-unsaturated/α-hetero) is 1. The number of aliphatic hydroxyl groups excluding tert-OH is 1. The summed E-state index contributed by atoms with van der Waals surface area (Å²) in [5.41, 5.74) is 0. The van der Waals surface area contributed by atoms with Gasteiger partial charge in [-0.15, -0.1) is 0 Å². The minimum absolute atomic E-state index is 0.202. The summed E-state index contributed by atoms with van der Waals surface area (Å²) in [7, 11) is 0. The van der Waals surface area contributed by atoms with Crippen LogP contribution < -0.4 is 0 Å². The Morgan fingerprint density at radius 3 is 2.69 bits per heavy atom. The van der Waals surface area contributed by atoms with Crippen molar-refractivity contribution in [3.8, 4) is 0 Å². The highest BCUT2D eigenvalue weighted by atomic mass is 16.7. The summed E-state index contributed by atoms with van der Waals surface area (Å²) >= 11 is 0. The van der Waals surface area contributed by atoms with Crippen molar-refractivity contribution in [1.29, 1.82) is 0 Å². The minimum Gasteiger partial charge on any atom is -0.382 e. The number of rotatable bonds is 3. The monoisotopic (exact) mass is 188 g/mol. The fourth-order valence-corrected chi connectivity index (χ4v) is 1.29. The molecule has 1 aliphatic heterocycles. The van der Waals surface area contributed by atoms with Crippen molar-refractivity contribution in [2.45, 2.75) is 45.2 Å². The zero-order valence-electron chi connectivity index (χ0n) is 8.24. The number of ether oxygens (including phenoxy) is 2. The lowest BCUT2D eigenvalue weighted by atomic mass is 10.1. The van der Waals surface area contributed by atoms with E-state index >= 15 is 0 Å². The van der Waals surface area contributed by atoms with Crippen molar-refractivity contribution in [3.05, 3.63) is 0 Å². The van der Waals surface area contributed by atoms with E-state index < -0.39 is 18.0 Å². The second-order valence-electron chi connectivity index (χ2n) is 3.63. The van der Waals surface area contributed by atoms with Gasteiger partial charge in [0.1, 0.15) is 12.2 Å². The van der Waals surface area contributed by atoms with E-state index in [2.05, 4.69) is 0 Å². The quantitative estimate of drug-likeness (QED) is 0.699. The molecule has 0 aromatic carbocycles. The van der Waals surface area contributed by atoms with Crippen LogP contribution in [0.4, 0.5) is 0 Å². The maximum Gasteiger partial charge on any atom is 0.163 e. The van der Waals surface area contributed by atoms with E-state index in [1.807, 2.05) is 0 Å². The molecule has 4 heteroatoms. The van der Waals surface area contributed by atoms with Crippen LogP contribution in [-0.4, -0.2) is 35.5 Å². The van der Waals surface area contributed by atoms with Gasteiger partial charge in [-0.25, -0.2) is 0 Å². The third kappa shape index (κ3) is 2.49. The molecule has 0 saturated carbocycles. The number of hydrogen-bond acceptors (Lipinski definition) is 4. The molecule has 76 valence electrons. The molecule has 0 bridgehead atoms. The third-order valence-corrected chi connectivity index (χ3v) is 2.06. The summed E-state index contributed by atoms with van der Waals surface area (Å²) in [6, 6.07) is 0. The first-order valence-corrected chi connectivity index (χ1v) is 4.49. The van der Waals surface area contributed by atoms with E-state index in [-0.39, 0.29) is 12.4 Å². The first kappa shape index (κ1) is 10.6. The lowest BCUT2D eigenvalue weighted by molar-refractivity contribution is -0.157. The van der Waals surface area contributed by atoms with Crippen molar-refractivity contribution in [1.82, 2.24) is 0 Å². The average molecular weight is 188 g/mol. The zero-order chi connectivity index (χ0) is 10.1. The standard InChI is InChI=1S/C9H16O4/c1-4-6(10)8(11)7-5-12-9(2,3)13-7/h7-8,11H,4-5H2,1-3H3/t7-,8-/m0/s1. The van der Waals surface area contributed by atoms with Gasteiger partial charge in [0.2, 0.25) is 0 Å². The van der Waals surface area contributed by atoms with Crippen LogP contribution in [0.3, 0.4) is 0 Å². The fourth-order valence-electron chi connectivity index (χ4n) is 1.29. The highest BCUT2D eigenvalue weighted by Gasteiger charge is 2.38. The van der Waals surface area contributed by atoms with Crippen LogP contribution in [0, 0.1) is 0 Å². The highest BCUT2D eigenvalue weighted by molar-refractivity contribution is 5.83. The Labute approximate surface area is 77.8 Å². The predicted octanol–water partition coefficient (Wildman–Crippen LogP) is 0.478. The zero-order valence-corrected chi connectivity index (χ0v) is 8.24. The molecular weight excluding hydrogens is 172 g/mol. The van der Waals surface area contributed by atoms with Crippen LogP contribution in [0.15, 0.2) is 0 Å². The molecule has 0 aromatic heterocycles. The molecule has 0 amide bonds. The minimum atomic E-state index is -1.05. The molecule has 0 aliphatic carbocycles. The molecule has 1 saturated heterocycles. The summed E-state index contributed by atoms with van der Waals surface area (Å²) in [5, 5.41) is 9.50. The van der Waals surface area contributed by atoms with Crippen LogP contribution in [0.1, 0.15) is 27.2 Å². The molecule has 1 rings (SSSR count). The molecule has 1 aliphatic rings. The molecular formula is C9H16O4. The fraction of sp³-hybridized carbons (Fsp3) is 0.889. The number of aliphatic hydroxyl groups is 1. The Balaban J connectivity index is 2.51. The Morgan fingerprint density at radius 1 is 1.69 bits per heavy atom. The van der Waals surface area contributed by atoms with Gasteiger partial charge in [-0.05, 0) is 13.8 Å². The first-order valence-electron chi connectivity index (χ1n) is 4.49. The normalized spacial score (nSPS) is 28.8. The second-order valence-corrected chi connectivity index (χ2v) is 3.63. The average Bonchev–Trinajstić information content (AvgIpc) is 2.43. The van der Waals surface area contributed by atoms with E-state index in [1.54, 1.807) is 20.8 Å². The summed E-state index contributed by atoms with van der Waals surface area (Å²) in [4.78, 5) is 11.1. The molecule has 0 spiro atoms.